The van der Waals surface area contributed by atoms with Crippen molar-refractivity contribution < 1.29 is 32.2 Å². The SMILES string of the molecule is COc1ccc(F)cc1C1(CC(O)(C(N)=O)C(F)(F)F)CC1. The Morgan fingerprint density at radius 1 is 1.41 bits per heavy atom. The van der Waals surface area contributed by atoms with Gasteiger partial charge in [-0.1, -0.05) is 0 Å². The fourth-order valence-electron chi connectivity index (χ4n) is 2.60. The number of benzene rings is 1. The molecule has 0 heterocycles. The van der Waals surface area contributed by atoms with Crippen LogP contribution in [-0.2, 0) is 10.2 Å². The highest BCUT2D eigenvalue weighted by Crippen LogP contribution is 2.57. The number of rotatable bonds is 5. The second-order valence-corrected chi connectivity index (χ2v) is 5.52. The van der Waals surface area contributed by atoms with Gasteiger partial charge in [0.25, 0.3) is 5.91 Å². The molecule has 8 heteroatoms. The molecule has 0 spiro atoms. The van der Waals surface area contributed by atoms with E-state index in [1.54, 1.807) is 0 Å². The average molecular weight is 321 g/mol. The minimum absolute atomic E-state index is 0.193. The molecule has 122 valence electrons. The van der Waals surface area contributed by atoms with Crippen LogP contribution in [0.3, 0.4) is 0 Å². The minimum atomic E-state index is -5.21. The Morgan fingerprint density at radius 3 is 2.41 bits per heavy atom. The maximum absolute atomic E-state index is 13.4. The first-order chi connectivity index (χ1) is 10.1. The summed E-state index contributed by atoms with van der Waals surface area (Å²) in [5.74, 6) is -2.31. The molecule has 3 N–H and O–H groups in total. The number of hydrogen-bond acceptors (Lipinski definition) is 3. The van der Waals surface area contributed by atoms with Crippen molar-refractivity contribution >= 4 is 5.91 Å². The van der Waals surface area contributed by atoms with Crippen molar-refractivity contribution in [3.63, 3.8) is 0 Å². The van der Waals surface area contributed by atoms with Gasteiger partial charge in [-0.3, -0.25) is 4.79 Å². The third-order valence-corrected chi connectivity index (χ3v) is 4.06. The summed E-state index contributed by atoms with van der Waals surface area (Å²) in [4.78, 5) is 11.2. The molecule has 1 unspecified atom stereocenters. The van der Waals surface area contributed by atoms with Gasteiger partial charge in [0.05, 0.1) is 7.11 Å². The van der Waals surface area contributed by atoms with Gasteiger partial charge in [-0.15, -0.1) is 0 Å². The standard InChI is InChI=1S/C14H15F4NO3/c1-22-10-3-2-8(15)6-9(10)12(4-5-12)7-13(21,11(19)20)14(16,17)18/h2-3,6,21H,4-5,7H2,1H3,(H2,19,20). The van der Waals surface area contributed by atoms with Gasteiger partial charge >= 0.3 is 6.18 Å². The maximum Gasteiger partial charge on any atom is 0.426 e. The van der Waals surface area contributed by atoms with Gasteiger partial charge in [-0.05, 0) is 31.0 Å². The molecule has 0 saturated heterocycles. The number of methoxy groups -OCH3 is 1. The Morgan fingerprint density at radius 2 is 2.00 bits per heavy atom. The molecule has 4 nitrogen and oxygen atoms in total. The van der Waals surface area contributed by atoms with E-state index in [9.17, 15) is 27.5 Å². The number of halogens is 4. The molecule has 1 aliphatic rings. The lowest BCUT2D eigenvalue weighted by molar-refractivity contribution is -0.254. The topological polar surface area (TPSA) is 72.6 Å². The number of ether oxygens (including phenoxy) is 1. The highest BCUT2D eigenvalue weighted by molar-refractivity contribution is 5.84. The molecule has 0 radical (unpaired) electrons. The molecule has 0 bridgehead atoms. The van der Waals surface area contributed by atoms with Gasteiger partial charge in [-0.25, -0.2) is 4.39 Å². The molecular formula is C14H15F4NO3. The van der Waals surface area contributed by atoms with E-state index in [4.69, 9.17) is 10.5 Å². The minimum Gasteiger partial charge on any atom is -0.496 e. The Balaban J connectivity index is 2.44. The monoisotopic (exact) mass is 321 g/mol. The lowest BCUT2D eigenvalue weighted by Gasteiger charge is -2.31. The number of primary amides is 1. The van der Waals surface area contributed by atoms with Gasteiger partial charge in [0.2, 0.25) is 5.60 Å². The van der Waals surface area contributed by atoms with Gasteiger partial charge < -0.3 is 15.6 Å². The van der Waals surface area contributed by atoms with Crippen molar-refractivity contribution in [2.24, 2.45) is 5.73 Å². The summed E-state index contributed by atoms with van der Waals surface area (Å²) in [6, 6.07) is 3.47. The van der Waals surface area contributed by atoms with Crippen LogP contribution in [0, 0.1) is 5.82 Å². The molecular weight excluding hydrogens is 306 g/mol. The third kappa shape index (κ3) is 2.63. The number of hydrogen-bond donors (Lipinski definition) is 2. The number of amides is 1. The lowest BCUT2D eigenvalue weighted by Crippen LogP contribution is -2.57. The van der Waals surface area contributed by atoms with Crippen LogP contribution in [0.15, 0.2) is 18.2 Å². The maximum atomic E-state index is 13.4. The van der Waals surface area contributed by atoms with E-state index in [0.717, 1.165) is 12.1 Å². The van der Waals surface area contributed by atoms with E-state index in [1.165, 1.54) is 13.2 Å². The number of carbonyl (C=O) groups excluding carboxylic acids is 1. The fourth-order valence-corrected chi connectivity index (χ4v) is 2.60. The van der Waals surface area contributed by atoms with Crippen molar-refractivity contribution in [2.75, 3.05) is 7.11 Å². The van der Waals surface area contributed by atoms with Crippen LogP contribution in [0.5, 0.6) is 5.75 Å². The Hall–Kier alpha value is -1.83. The van der Waals surface area contributed by atoms with Crippen molar-refractivity contribution in [1.29, 1.82) is 0 Å². The van der Waals surface area contributed by atoms with E-state index in [2.05, 4.69) is 0 Å². The first kappa shape index (κ1) is 16.5. The summed E-state index contributed by atoms with van der Waals surface area (Å²) in [5.41, 5.74) is 0.0962. The summed E-state index contributed by atoms with van der Waals surface area (Å²) in [6.07, 6.45) is -5.65. The van der Waals surface area contributed by atoms with Crippen molar-refractivity contribution in [3.8, 4) is 5.75 Å². The predicted octanol–water partition coefficient (Wildman–Crippen LogP) is 2.03. The number of alkyl halides is 3. The summed E-state index contributed by atoms with van der Waals surface area (Å²) < 4.78 is 57.6. The Kier molecular flexibility index (Phi) is 3.85. The van der Waals surface area contributed by atoms with Crippen LogP contribution in [0.1, 0.15) is 24.8 Å². The van der Waals surface area contributed by atoms with E-state index in [0.29, 0.717) is 0 Å². The second kappa shape index (κ2) is 5.12. The van der Waals surface area contributed by atoms with Crippen LogP contribution in [0.2, 0.25) is 0 Å². The number of nitrogens with two attached hydrogens (primary N) is 1. The molecule has 1 amide bonds. The van der Waals surface area contributed by atoms with E-state index in [-0.39, 0.29) is 24.2 Å². The molecule has 1 saturated carbocycles. The van der Waals surface area contributed by atoms with Gasteiger partial charge in [-0.2, -0.15) is 13.2 Å². The van der Waals surface area contributed by atoms with Crippen molar-refractivity contribution in [2.45, 2.75) is 36.5 Å². The highest BCUT2D eigenvalue weighted by Gasteiger charge is 2.64. The Bertz CT molecular complexity index is 598. The Labute approximate surface area is 123 Å². The van der Waals surface area contributed by atoms with Gasteiger partial charge in [0, 0.05) is 17.4 Å². The van der Waals surface area contributed by atoms with Crippen molar-refractivity contribution in [3.05, 3.63) is 29.6 Å². The molecule has 0 aliphatic heterocycles. The van der Waals surface area contributed by atoms with Gasteiger partial charge in [0.15, 0.2) is 0 Å². The predicted molar refractivity (Wildman–Crippen MR) is 68.7 cm³/mol. The van der Waals surface area contributed by atoms with E-state index >= 15 is 0 Å². The lowest BCUT2D eigenvalue weighted by atomic mass is 9.81. The molecule has 1 aliphatic carbocycles. The normalized spacial score (nSPS) is 19.4. The smallest absolute Gasteiger partial charge is 0.426 e. The van der Waals surface area contributed by atoms with Crippen LogP contribution in [-0.4, -0.2) is 29.9 Å². The molecule has 1 fully saturated rings. The average Bonchev–Trinajstić information content (AvgIpc) is 3.17. The van der Waals surface area contributed by atoms with E-state index in [1.807, 2.05) is 0 Å². The molecule has 22 heavy (non-hydrogen) atoms. The molecule has 1 aromatic carbocycles. The van der Waals surface area contributed by atoms with Crippen molar-refractivity contribution in [1.82, 2.24) is 0 Å². The molecule has 1 atom stereocenters. The van der Waals surface area contributed by atoms with E-state index < -0.39 is 35.3 Å². The zero-order valence-corrected chi connectivity index (χ0v) is 11.7. The largest absolute Gasteiger partial charge is 0.496 e. The zero-order valence-electron chi connectivity index (χ0n) is 11.7. The van der Waals surface area contributed by atoms with Crippen LogP contribution in [0.4, 0.5) is 17.6 Å². The number of aliphatic hydroxyl groups is 1. The first-order valence-corrected chi connectivity index (χ1v) is 6.49. The molecule has 2 rings (SSSR count). The first-order valence-electron chi connectivity index (χ1n) is 6.49. The number of carbonyl (C=O) groups is 1. The summed E-state index contributed by atoms with van der Waals surface area (Å²) >= 11 is 0. The van der Waals surface area contributed by atoms with Crippen LogP contribution >= 0.6 is 0 Å². The molecule has 0 aromatic heterocycles. The summed E-state index contributed by atoms with van der Waals surface area (Å²) in [5, 5.41) is 9.76. The quantitative estimate of drug-likeness (QED) is 0.815. The fraction of sp³-hybridized carbons (Fsp3) is 0.500. The summed E-state index contributed by atoms with van der Waals surface area (Å²) in [6.45, 7) is 0. The van der Waals surface area contributed by atoms with Gasteiger partial charge in [0.1, 0.15) is 11.6 Å². The summed E-state index contributed by atoms with van der Waals surface area (Å²) in [7, 11) is 1.30. The van der Waals surface area contributed by atoms with Crippen LogP contribution in [0.25, 0.3) is 0 Å². The third-order valence-electron chi connectivity index (χ3n) is 4.06. The highest BCUT2D eigenvalue weighted by atomic mass is 19.4. The van der Waals surface area contributed by atoms with Crippen LogP contribution < -0.4 is 10.5 Å². The molecule has 1 aromatic rings. The second-order valence-electron chi connectivity index (χ2n) is 5.52. The zero-order chi connectivity index (χ0) is 16.8.